The van der Waals surface area contributed by atoms with E-state index in [0.717, 1.165) is 47.8 Å². The van der Waals surface area contributed by atoms with Crippen molar-refractivity contribution in [3.63, 3.8) is 0 Å². The van der Waals surface area contributed by atoms with Crippen molar-refractivity contribution in [1.82, 2.24) is 15.4 Å². The fourth-order valence-corrected chi connectivity index (χ4v) is 5.29. The van der Waals surface area contributed by atoms with Gasteiger partial charge >= 0.3 is 0 Å². The largest absolute Gasteiger partial charge is 0.348 e. The Bertz CT molecular complexity index is 664. The van der Waals surface area contributed by atoms with E-state index < -0.39 is 0 Å². The molecule has 2 fully saturated rings. The number of hydrazine groups is 1. The molecule has 0 aromatic carbocycles. The van der Waals surface area contributed by atoms with Crippen molar-refractivity contribution in [2.75, 3.05) is 36.0 Å². The summed E-state index contributed by atoms with van der Waals surface area (Å²) in [5, 5.41) is 6.42. The van der Waals surface area contributed by atoms with Crippen LogP contribution in [0.1, 0.15) is 49.9 Å². The van der Waals surface area contributed by atoms with Crippen molar-refractivity contribution in [1.29, 1.82) is 0 Å². The van der Waals surface area contributed by atoms with Gasteiger partial charge in [-0.2, -0.15) is 0 Å². The van der Waals surface area contributed by atoms with Gasteiger partial charge in [-0.05, 0) is 38.5 Å². The molecule has 0 bridgehead atoms. The Balaban J connectivity index is 0.000000156. The van der Waals surface area contributed by atoms with Gasteiger partial charge in [0.05, 0.1) is 23.8 Å². The van der Waals surface area contributed by atoms with E-state index >= 15 is 0 Å². The van der Waals surface area contributed by atoms with E-state index in [-0.39, 0.29) is 0 Å². The summed E-state index contributed by atoms with van der Waals surface area (Å²) in [4.78, 5) is 13.7. The molecule has 0 aliphatic carbocycles. The Hall–Kier alpha value is -0.930. The van der Waals surface area contributed by atoms with Crippen LogP contribution in [0, 0.1) is 0 Å². The lowest BCUT2D eigenvalue weighted by Crippen LogP contribution is -2.29. The van der Waals surface area contributed by atoms with E-state index in [1.165, 1.54) is 38.5 Å². The number of hydrogen-bond acceptors (Lipinski definition) is 8. The van der Waals surface area contributed by atoms with Crippen LogP contribution >= 0.6 is 34.3 Å². The number of hydrogen-bond donors (Lipinski definition) is 2. The second-order valence-electron chi connectivity index (χ2n) is 6.85. The third-order valence-electron chi connectivity index (χ3n) is 4.75. The van der Waals surface area contributed by atoms with Crippen LogP contribution in [-0.2, 0) is 12.4 Å². The van der Waals surface area contributed by atoms with E-state index in [9.17, 15) is 0 Å². The van der Waals surface area contributed by atoms with Gasteiger partial charge in [0.25, 0.3) is 0 Å². The number of aromatic nitrogens is 2. The molecule has 0 amide bonds. The first-order valence-electron chi connectivity index (χ1n) is 9.68. The Kier molecular flexibility index (Phi) is 8.60. The van der Waals surface area contributed by atoms with Crippen molar-refractivity contribution < 1.29 is 0 Å². The molecule has 2 aromatic heterocycles. The van der Waals surface area contributed by atoms with Crippen LogP contribution in [0.4, 0.5) is 10.3 Å². The maximum atomic E-state index is 5.70. The Morgan fingerprint density at radius 2 is 1.33 bits per heavy atom. The molecule has 0 saturated carbocycles. The monoisotopic (exact) mass is 428 g/mol. The van der Waals surface area contributed by atoms with E-state index in [4.69, 9.17) is 17.4 Å². The number of thiazole rings is 2. The standard InChI is InChI=1S/C9H13ClN2S.C9H16N4S/c10-6-8-7-13-9(11-8)12-4-2-1-3-5-12;10-11-6-8-7-14-9(12-8)13-4-2-1-3-5-13/h7H,1-6H2;7,11H,1-6,10H2. The fourth-order valence-electron chi connectivity index (χ4n) is 3.30. The third kappa shape index (κ3) is 6.29. The highest BCUT2D eigenvalue weighted by Crippen LogP contribution is 2.25. The van der Waals surface area contributed by atoms with Crippen molar-refractivity contribution >= 4 is 44.5 Å². The maximum Gasteiger partial charge on any atom is 0.185 e. The topological polar surface area (TPSA) is 70.3 Å². The summed E-state index contributed by atoms with van der Waals surface area (Å²) in [5.41, 5.74) is 4.67. The van der Waals surface area contributed by atoms with Crippen LogP contribution in [0.15, 0.2) is 10.8 Å². The molecule has 6 nitrogen and oxygen atoms in total. The zero-order valence-electron chi connectivity index (χ0n) is 15.7. The van der Waals surface area contributed by atoms with Gasteiger partial charge in [0, 0.05) is 36.9 Å². The summed E-state index contributed by atoms with van der Waals surface area (Å²) in [6.07, 6.45) is 7.92. The van der Waals surface area contributed by atoms with Crippen molar-refractivity contribution in [3.8, 4) is 0 Å². The lowest BCUT2D eigenvalue weighted by atomic mass is 10.1. The molecular formula is C18H29ClN6S2. The van der Waals surface area contributed by atoms with Gasteiger partial charge in [0.2, 0.25) is 0 Å². The summed E-state index contributed by atoms with van der Waals surface area (Å²) in [7, 11) is 0. The molecule has 0 spiro atoms. The summed E-state index contributed by atoms with van der Waals surface area (Å²) in [6, 6.07) is 0. The minimum atomic E-state index is 0.532. The molecule has 2 aliphatic heterocycles. The molecule has 3 N–H and O–H groups in total. The Labute approximate surface area is 174 Å². The third-order valence-corrected chi connectivity index (χ3v) is 6.93. The van der Waals surface area contributed by atoms with Crippen LogP contribution in [0.25, 0.3) is 0 Å². The first kappa shape index (κ1) is 20.8. The SMILES string of the molecule is ClCc1csc(N2CCCCC2)n1.NNCc1csc(N2CCCCC2)n1. The molecule has 9 heteroatoms. The number of nitrogens with two attached hydrogens (primary N) is 1. The van der Waals surface area contributed by atoms with Crippen molar-refractivity contribution in [2.24, 2.45) is 5.84 Å². The molecule has 4 heterocycles. The summed E-state index contributed by atoms with van der Waals surface area (Å²) in [5.74, 6) is 5.78. The Morgan fingerprint density at radius 1 is 0.852 bits per heavy atom. The van der Waals surface area contributed by atoms with Gasteiger partial charge in [0.15, 0.2) is 10.3 Å². The second-order valence-corrected chi connectivity index (χ2v) is 8.79. The smallest absolute Gasteiger partial charge is 0.185 e. The number of piperidine rings is 2. The van der Waals surface area contributed by atoms with E-state index in [0.29, 0.717) is 12.4 Å². The van der Waals surface area contributed by atoms with E-state index in [2.05, 4.69) is 36.0 Å². The normalized spacial score (nSPS) is 17.6. The predicted octanol–water partition coefficient (Wildman–Crippen LogP) is 3.97. The summed E-state index contributed by atoms with van der Waals surface area (Å²) >= 11 is 9.13. The van der Waals surface area contributed by atoms with Crippen molar-refractivity contribution in [2.45, 2.75) is 50.9 Å². The highest BCUT2D eigenvalue weighted by atomic mass is 35.5. The lowest BCUT2D eigenvalue weighted by Gasteiger charge is -2.25. The van der Waals surface area contributed by atoms with Gasteiger partial charge in [-0.3, -0.25) is 11.3 Å². The number of nitrogens with zero attached hydrogens (tertiary/aromatic N) is 4. The molecule has 2 aromatic rings. The summed E-state index contributed by atoms with van der Waals surface area (Å²) in [6.45, 7) is 5.29. The van der Waals surface area contributed by atoms with Gasteiger partial charge in [-0.25, -0.2) is 9.97 Å². The number of nitrogens with one attached hydrogen (secondary N) is 1. The first-order valence-corrected chi connectivity index (χ1v) is 12.0. The maximum absolute atomic E-state index is 5.70. The van der Waals surface area contributed by atoms with E-state index in [1.807, 2.05) is 0 Å². The van der Waals surface area contributed by atoms with Crippen LogP contribution < -0.4 is 21.1 Å². The van der Waals surface area contributed by atoms with Crippen LogP contribution in [0.3, 0.4) is 0 Å². The number of anilines is 2. The molecule has 27 heavy (non-hydrogen) atoms. The molecule has 150 valence electrons. The molecule has 0 unspecified atom stereocenters. The zero-order valence-corrected chi connectivity index (χ0v) is 18.1. The molecule has 2 saturated heterocycles. The van der Waals surface area contributed by atoms with Crippen LogP contribution in [0.2, 0.25) is 0 Å². The van der Waals surface area contributed by atoms with E-state index in [1.54, 1.807) is 22.7 Å². The number of halogens is 1. The summed E-state index contributed by atoms with van der Waals surface area (Å²) < 4.78 is 0. The van der Waals surface area contributed by atoms with Crippen LogP contribution in [-0.4, -0.2) is 36.1 Å². The van der Waals surface area contributed by atoms with Crippen molar-refractivity contribution in [3.05, 3.63) is 22.1 Å². The molecular weight excluding hydrogens is 400 g/mol. The molecule has 0 atom stereocenters. The quantitative estimate of drug-likeness (QED) is 0.426. The zero-order chi connectivity index (χ0) is 18.9. The first-order chi connectivity index (χ1) is 13.3. The molecule has 2 aliphatic rings. The number of rotatable bonds is 5. The second kappa shape index (κ2) is 11.2. The van der Waals surface area contributed by atoms with Gasteiger partial charge < -0.3 is 9.80 Å². The minimum Gasteiger partial charge on any atom is -0.348 e. The minimum absolute atomic E-state index is 0.532. The lowest BCUT2D eigenvalue weighted by molar-refractivity contribution is 0.576. The number of alkyl halides is 1. The average Bonchev–Trinajstić information content (AvgIpc) is 3.40. The predicted molar refractivity (Wildman–Crippen MR) is 117 cm³/mol. The van der Waals surface area contributed by atoms with Gasteiger partial charge in [0.1, 0.15) is 0 Å². The van der Waals surface area contributed by atoms with Gasteiger partial charge in [-0.15, -0.1) is 34.3 Å². The Morgan fingerprint density at radius 3 is 1.78 bits per heavy atom. The molecule has 4 rings (SSSR count). The average molecular weight is 429 g/mol. The van der Waals surface area contributed by atoms with Crippen LogP contribution in [0.5, 0.6) is 0 Å². The highest BCUT2D eigenvalue weighted by molar-refractivity contribution is 7.14. The highest BCUT2D eigenvalue weighted by Gasteiger charge is 2.14. The van der Waals surface area contributed by atoms with Gasteiger partial charge in [-0.1, -0.05) is 0 Å². The fraction of sp³-hybridized carbons (Fsp3) is 0.667. The molecule has 0 radical (unpaired) electrons.